The van der Waals surface area contributed by atoms with Crippen LogP contribution < -0.4 is 10.6 Å². The van der Waals surface area contributed by atoms with Gasteiger partial charge in [0, 0.05) is 51.9 Å². The van der Waals surface area contributed by atoms with E-state index < -0.39 is 10.0 Å². The SMILES string of the molecule is CN=C(NCC1CCN(S(=O)(=O)c2ccccc2)CC1)NC1CCN(C2CCCC2)C1.I. The summed E-state index contributed by atoms with van der Waals surface area (Å²) in [6, 6.07) is 10.0. The maximum Gasteiger partial charge on any atom is 0.243 e. The lowest BCUT2D eigenvalue weighted by molar-refractivity contribution is 0.242. The van der Waals surface area contributed by atoms with E-state index in [1.54, 1.807) is 28.6 Å². The molecular weight excluding hydrogens is 537 g/mol. The van der Waals surface area contributed by atoms with E-state index in [0.29, 0.717) is 29.9 Å². The van der Waals surface area contributed by atoms with Crippen LogP contribution in [0.15, 0.2) is 40.2 Å². The van der Waals surface area contributed by atoms with Crippen LogP contribution in [0.25, 0.3) is 0 Å². The molecule has 1 aromatic carbocycles. The molecule has 9 heteroatoms. The Bertz CT molecular complexity index is 837. The maximum absolute atomic E-state index is 12.8. The Morgan fingerprint density at radius 3 is 2.38 bits per heavy atom. The van der Waals surface area contributed by atoms with Crippen LogP contribution in [0, 0.1) is 5.92 Å². The van der Waals surface area contributed by atoms with Crippen molar-refractivity contribution in [2.45, 2.75) is 61.9 Å². The minimum Gasteiger partial charge on any atom is -0.356 e. The van der Waals surface area contributed by atoms with Crippen molar-refractivity contribution in [1.29, 1.82) is 0 Å². The van der Waals surface area contributed by atoms with Crippen molar-refractivity contribution in [3.63, 3.8) is 0 Å². The number of guanidine groups is 1. The quantitative estimate of drug-likeness (QED) is 0.310. The Kier molecular flexibility index (Phi) is 9.63. The molecule has 7 nitrogen and oxygen atoms in total. The molecule has 32 heavy (non-hydrogen) atoms. The molecule has 1 aromatic rings. The highest BCUT2D eigenvalue weighted by Crippen LogP contribution is 2.26. The van der Waals surface area contributed by atoms with E-state index >= 15 is 0 Å². The third-order valence-corrected chi connectivity index (χ3v) is 9.05. The van der Waals surface area contributed by atoms with E-state index in [-0.39, 0.29) is 24.0 Å². The Balaban J connectivity index is 0.00000289. The Morgan fingerprint density at radius 1 is 1.03 bits per heavy atom. The van der Waals surface area contributed by atoms with Gasteiger partial charge in [0.2, 0.25) is 10.0 Å². The Morgan fingerprint density at radius 2 is 1.72 bits per heavy atom. The highest BCUT2D eigenvalue weighted by Gasteiger charge is 2.31. The lowest BCUT2D eigenvalue weighted by Gasteiger charge is -2.31. The summed E-state index contributed by atoms with van der Waals surface area (Å²) in [6.45, 7) is 4.29. The van der Waals surface area contributed by atoms with Gasteiger partial charge in [0.25, 0.3) is 0 Å². The summed E-state index contributed by atoms with van der Waals surface area (Å²) in [6.07, 6.45) is 8.40. The number of hydrogen-bond donors (Lipinski definition) is 2. The first-order chi connectivity index (χ1) is 15.1. The lowest BCUT2D eigenvalue weighted by atomic mass is 9.98. The van der Waals surface area contributed by atoms with Crippen molar-refractivity contribution in [2.75, 3.05) is 39.8 Å². The van der Waals surface area contributed by atoms with Gasteiger partial charge >= 0.3 is 0 Å². The van der Waals surface area contributed by atoms with Gasteiger partial charge in [-0.1, -0.05) is 31.0 Å². The van der Waals surface area contributed by atoms with E-state index in [1.165, 1.54) is 38.6 Å². The first kappa shape index (κ1) is 25.7. The van der Waals surface area contributed by atoms with Gasteiger partial charge in [-0.2, -0.15) is 4.31 Å². The predicted octanol–water partition coefficient (Wildman–Crippen LogP) is 2.89. The average Bonchev–Trinajstić information content (AvgIpc) is 3.49. The van der Waals surface area contributed by atoms with Gasteiger partial charge in [-0.15, -0.1) is 24.0 Å². The number of rotatable bonds is 6. The lowest BCUT2D eigenvalue weighted by Crippen LogP contribution is -2.47. The van der Waals surface area contributed by atoms with Crippen LogP contribution in [0.3, 0.4) is 0 Å². The normalized spacial score (nSPS) is 24.4. The monoisotopic (exact) mass is 575 g/mol. The molecular formula is C23H38IN5O2S. The van der Waals surface area contributed by atoms with Crippen LogP contribution in [-0.4, -0.2) is 75.4 Å². The van der Waals surface area contributed by atoms with Crippen molar-refractivity contribution in [3.05, 3.63) is 30.3 Å². The predicted molar refractivity (Wildman–Crippen MR) is 140 cm³/mol. The van der Waals surface area contributed by atoms with Gasteiger partial charge < -0.3 is 10.6 Å². The molecule has 4 rings (SSSR count). The zero-order valence-corrected chi connectivity index (χ0v) is 22.2. The van der Waals surface area contributed by atoms with Gasteiger partial charge in [0.1, 0.15) is 0 Å². The van der Waals surface area contributed by atoms with Crippen LogP contribution >= 0.6 is 24.0 Å². The molecule has 3 aliphatic rings. The van der Waals surface area contributed by atoms with E-state index in [1.807, 2.05) is 13.1 Å². The zero-order chi connectivity index (χ0) is 21.7. The van der Waals surface area contributed by atoms with Crippen LogP contribution in [0.2, 0.25) is 0 Å². The van der Waals surface area contributed by atoms with Gasteiger partial charge in [0.15, 0.2) is 5.96 Å². The summed E-state index contributed by atoms with van der Waals surface area (Å²) in [4.78, 5) is 7.46. The van der Waals surface area contributed by atoms with E-state index in [4.69, 9.17) is 0 Å². The molecule has 2 saturated heterocycles. The number of likely N-dealkylation sites (tertiary alicyclic amines) is 1. The van der Waals surface area contributed by atoms with Crippen LogP contribution in [-0.2, 0) is 10.0 Å². The summed E-state index contributed by atoms with van der Waals surface area (Å²) in [5.41, 5.74) is 0. The van der Waals surface area contributed by atoms with Crippen molar-refractivity contribution >= 4 is 40.0 Å². The fraction of sp³-hybridized carbons (Fsp3) is 0.696. The molecule has 2 heterocycles. The molecule has 1 saturated carbocycles. The smallest absolute Gasteiger partial charge is 0.243 e. The fourth-order valence-corrected chi connectivity index (χ4v) is 6.72. The summed E-state index contributed by atoms with van der Waals surface area (Å²) >= 11 is 0. The van der Waals surface area contributed by atoms with Crippen LogP contribution in [0.4, 0.5) is 0 Å². The summed E-state index contributed by atoms with van der Waals surface area (Å²) < 4.78 is 27.2. The molecule has 0 aromatic heterocycles. The molecule has 0 spiro atoms. The first-order valence-electron chi connectivity index (χ1n) is 11.8. The van der Waals surface area contributed by atoms with Gasteiger partial charge in [0.05, 0.1) is 4.90 Å². The molecule has 0 amide bonds. The van der Waals surface area contributed by atoms with Crippen LogP contribution in [0.1, 0.15) is 44.9 Å². The molecule has 1 unspecified atom stereocenters. The third-order valence-electron chi connectivity index (χ3n) is 7.14. The molecule has 180 valence electrons. The van der Waals surface area contributed by atoms with E-state index in [0.717, 1.165) is 37.9 Å². The van der Waals surface area contributed by atoms with Gasteiger partial charge in [-0.3, -0.25) is 9.89 Å². The number of sulfonamides is 1. The average molecular weight is 576 g/mol. The summed E-state index contributed by atoms with van der Waals surface area (Å²) in [7, 11) is -1.55. The van der Waals surface area contributed by atoms with Crippen LogP contribution in [0.5, 0.6) is 0 Å². The minimum absolute atomic E-state index is 0. The topological polar surface area (TPSA) is 77.0 Å². The fourth-order valence-electron chi connectivity index (χ4n) is 5.23. The second kappa shape index (κ2) is 12.0. The van der Waals surface area contributed by atoms with E-state index in [9.17, 15) is 8.42 Å². The molecule has 0 radical (unpaired) electrons. The molecule has 2 aliphatic heterocycles. The number of hydrogen-bond acceptors (Lipinski definition) is 4. The van der Waals surface area contributed by atoms with Crippen molar-refractivity contribution < 1.29 is 8.42 Å². The molecule has 0 bridgehead atoms. The number of nitrogens with one attached hydrogen (secondary N) is 2. The number of benzene rings is 1. The number of halogens is 1. The second-order valence-electron chi connectivity index (χ2n) is 9.18. The standard InChI is InChI=1S/C23H37N5O2S.HI/c1-24-23(26-20-13-14-27(18-20)21-7-5-6-8-21)25-17-19-11-15-28(16-12-19)31(29,30)22-9-3-2-4-10-22;/h2-4,9-10,19-21H,5-8,11-18H2,1H3,(H2,24,25,26);1H. The van der Waals surface area contributed by atoms with E-state index in [2.05, 4.69) is 20.5 Å². The molecule has 3 fully saturated rings. The number of piperidine rings is 1. The molecule has 1 aliphatic carbocycles. The van der Waals surface area contributed by atoms with Gasteiger partial charge in [-0.05, 0) is 50.2 Å². The largest absolute Gasteiger partial charge is 0.356 e. The minimum atomic E-state index is -3.38. The van der Waals surface area contributed by atoms with Crippen molar-refractivity contribution in [1.82, 2.24) is 19.8 Å². The number of nitrogens with zero attached hydrogens (tertiary/aromatic N) is 3. The third kappa shape index (κ3) is 6.36. The highest BCUT2D eigenvalue weighted by atomic mass is 127. The Labute approximate surface area is 210 Å². The first-order valence-corrected chi connectivity index (χ1v) is 13.3. The highest BCUT2D eigenvalue weighted by molar-refractivity contribution is 14.0. The van der Waals surface area contributed by atoms with Crippen molar-refractivity contribution in [2.24, 2.45) is 10.9 Å². The van der Waals surface area contributed by atoms with Gasteiger partial charge in [-0.25, -0.2) is 8.42 Å². The van der Waals surface area contributed by atoms with Crippen molar-refractivity contribution in [3.8, 4) is 0 Å². The molecule has 1 atom stereocenters. The summed E-state index contributed by atoms with van der Waals surface area (Å²) in [5.74, 6) is 1.33. The summed E-state index contributed by atoms with van der Waals surface area (Å²) in [5, 5.41) is 7.09. The Hall–Kier alpha value is -0.910. The number of aliphatic imine (C=N–C) groups is 1. The molecule has 2 N–H and O–H groups in total. The second-order valence-corrected chi connectivity index (χ2v) is 11.1. The maximum atomic E-state index is 12.8. The zero-order valence-electron chi connectivity index (χ0n) is 19.1.